The largest absolute Gasteiger partial charge is 0.380 e. The first-order valence-corrected chi connectivity index (χ1v) is 5.45. The van der Waals surface area contributed by atoms with Gasteiger partial charge in [0.2, 0.25) is 0 Å². The van der Waals surface area contributed by atoms with E-state index in [1.54, 1.807) is 4.68 Å². The average Bonchev–Trinajstić information content (AvgIpc) is 2.92. The average molecular weight is 257 g/mol. The number of aryl methyl sites for hydroxylation is 1. The number of nitrogens with two attached hydrogens (primary N) is 2. The molecule has 0 radical (unpaired) electrons. The lowest BCUT2D eigenvalue weighted by atomic mass is 10.3. The summed E-state index contributed by atoms with van der Waals surface area (Å²) >= 11 is 0. The van der Waals surface area contributed by atoms with Crippen molar-refractivity contribution in [1.29, 1.82) is 0 Å². The third-order valence-corrected chi connectivity index (χ3v) is 2.66. The molecular weight excluding hydrogens is 246 g/mol. The molecule has 1 aromatic carbocycles. The van der Waals surface area contributed by atoms with Crippen LogP contribution in [-0.2, 0) is 7.05 Å². The second kappa shape index (κ2) is 4.05. The first-order valence-electron chi connectivity index (χ1n) is 5.45. The van der Waals surface area contributed by atoms with Gasteiger partial charge in [0.25, 0.3) is 0 Å². The van der Waals surface area contributed by atoms with Crippen LogP contribution in [0.4, 0.5) is 5.69 Å². The fourth-order valence-electron chi connectivity index (χ4n) is 1.67. The molecule has 0 atom stereocenters. The maximum Gasteiger partial charge on any atom is 0.177 e. The van der Waals surface area contributed by atoms with E-state index in [0.717, 1.165) is 16.7 Å². The quantitative estimate of drug-likeness (QED) is 0.617. The van der Waals surface area contributed by atoms with Gasteiger partial charge in [0.1, 0.15) is 5.52 Å². The van der Waals surface area contributed by atoms with Crippen molar-refractivity contribution in [1.82, 2.24) is 15.0 Å². The highest BCUT2D eigenvalue weighted by Gasteiger charge is 2.16. The lowest BCUT2D eigenvalue weighted by Crippen LogP contribution is -2.32. The molecule has 3 rings (SSSR count). The Bertz CT molecular complexity index is 717. The Balaban J connectivity index is 1.90. The van der Waals surface area contributed by atoms with Crippen LogP contribution in [0.3, 0.4) is 0 Å². The molecular formula is C10H11N9. The predicted octanol–water partition coefficient (Wildman–Crippen LogP) is -0.621. The Kier molecular flexibility index (Phi) is 2.37. The fourth-order valence-corrected chi connectivity index (χ4v) is 1.67. The third-order valence-electron chi connectivity index (χ3n) is 2.66. The van der Waals surface area contributed by atoms with Gasteiger partial charge in [-0.1, -0.05) is 5.21 Å². The Labute approximate surface area is 107 Å². The first kappa shape index (κ1) is 11.1. The number of amidine groups is 2. The van der Waals surface area contributed by atoms with Gasteiger partial charge in [-0.3, -0.25) is 5.43 Å². The number of rotatable bonds is 2. The predicted molar refractivity (Wildman–Crippen MR) is 72.8 cm³/mol. The number of aromatic nitrogens is 3. The van der Waals surface area contributed by atoms with Crippen molar-refractivity contribution >= 4 is 34.1 Å². The summed E-state index contributed by atoms with van der Waals surface area (Å²) in [5.74, 6) is 0.376. The molecule has 19 heavy (non-hydrogen) atoms. The molecule has 96 valence electrons. The lowest BCUT2D eigenvalue weighted by molar-refractivity contribution is 0.736. The summed E-state index contributed by atoms with van der Waals surface area (Å²) in [6.07, 6.45) is 0. The molecule has 9 nitrogen and oxygen atoms in total. The zero-order chi connectivity index (χ0) is 13.4. The van der Waals surface area contributed by atoms with E-state index < -0.39 is 0 Å². The Morgan fingerprint density at radius 2 is 1.95 bits per heavy atom. The molecule has 0 saturated carbocycles. The van der Waals surface area contributed by atoms with Crippen LogP contribution < -0.4 is 16.9 Å². The molecule has 0 unspecified atom stereocenters. The van der Waals surface area contributed by atoms with Crippen molar-refractivity contribution < 1.29 is 0 Å². The maximum absolute atomic E-state index is 5.59. The monoisotopic (exact) mass is 257 g/mol. The van der Waals surface area contributed by atoms with E-state index >= 15 is 0 Å². The first-order chi connectivity index (χ1) is 9.15. The minimum Gasteiger partial charge on any atom is -0.380 e. The summed E-state index contributed by atoms with van der Waals surface area (Å²) in [7, 11) is 1.82. The van der Waals surface area contributed by atoms with E-state index in [0.29, 0.717) is 5.71 Å². The van der Waals surface area contributed by atoms with Crippen molar-refractivity contribution in [2.75, 3.05) is 5.43 Å². The molecule has 5 N–H and O–H groups in total. The van der Waals surface area contributed by atoms with Gasteiger partial charge in [0.05, 0.1) is 11.2 Å². The van der Waals surface area contributed by atoms with Crippen molar-refractivity contribution in [2.24, 2.45) is 33.8 Å². The smallest absolute Gasteiger partial charge is 0.177 e. The zero-order valence-corrected chi connectivity index (χ0v) is 10.1. The molecule has 1 aliphatic rings. The second-order valence-electron chi connectivity index (χ2n) is 3.96. The van der Waals surface area contributed by atoms with E-state index in [1.165, 1.54) is 0 Å². The highest BCUT2D eigenvalue weighted by molar-refractivity contribution is 6.68. The highest BCUT2D eigenvalue weighted by atomic mass is 15.4. The minimum atomic E-state index is 0.188. The molecule has 9 heteroatoms. The van der Waals surface area contributed by atoms with Crippen LogP contribution in [0.2, 0.25) is 0 Å². The Morgan fingerprint density at radius 3 is 2.68 bits per heavy atom. The van der Waals surface area contributed by atoms with E-state index in [2.05, 4.69) is 31.0 Å². The van der Waals surface area contributed by atoms with Gasteiger partial charge in [-0.15, -0.1) is 15.3 Å². The molecule has 2 heterocycles. The lowest BCUT2D eigenvalue weighted by Gasteiger charge is -2.02. The van der Waals surface area contributed by atoms with Gasteiger partial charge in [0.15, 0.2) is 17.4 Å². The standard InChI is InChI=1S/C10H11N9/c1-19-7-4-5(2-3-6(7)14-18-19)13-15-8-9(11)16-17-10(8)12/h2-4,13H,1H3,(H4,11,12,15,16,17). The van der Waals surface area contributed by atoms with Crippen LogP contribution in [0.15, 0.2) is 33.5 Å². The molecule has 0 bridgehead atoms. The number of fused-ring (bicyclic) bond motifs is 1. The molecule has 0 spiro atoms. The Hall–Kier alpha value is -2.97. The van der Waals surface area contributed by atoms with E-state index in [9.17, 15) is 0 Å². The van der Waals surface area contributed by atoms with Crippen LogP contribution in [0, 0.1) is 0 Å². The van der Waals surface area contributed by atoms with Crippen LogP contribution in [-0.4, -0.2) is 32.4 Å². The van der Waals surface area contributed by atoms with Gasteiger partial charge in [-0.05, 0) is 18.2 Å². The van der Waals surface area contributed by atoms with Gasteiger partial charge < -0.3 is 11.5 Å². The van der Waals surface area contributed by atoms with Gasteiger partial charge in [-0.2, -0.15) is 5.10 Å². The molecule has 1 aliphatic heterocycles. The SMILES string of the molecule is Cn1nnc2ccc(NN=C3C(N)=NN=C3N)cc21. The number of hydrogen-bond donors (Lipinski definition) is 3. The van der Waals surface area contributed by atoms with Gasteiger partial charge >= 0.3 is 0 Å². The summed E-state index contributed by atoms with van der Waals surface area (Å²) < 4.78 is 1.68. The highest BCUT2D eigenvalue weighted by Crippen LogP contribution is 2.16. The molecule has 1 aromatic heterocycles. The van der Waals surface area contributed by atoms with E-state index in [4.69, 9.17) is 11.5 Å². The van der Waals surface area contributed by atoms with Crippen molar-refractivity contribution in [3.05, 3.63) is 18.2 Å². The van der Waals surface area contributed by atoms with Gasteiger partial charge in [0, 0.05) is 7.05 Å². The Morgan fingerprint density at radius 1 is 1.21 bits per heavy atom. The molecule has 0 fully saturated rings. The normalized spacial score (nSPS) is 14.5. The topological polar surface area (TPSA) is 132 Å². The van der Waals surface area contributed by atoms with Crippen LogP contribution in [0.5, 0.6) is 0 Å². The summed E-state index contributed by atoms with van der Waals surface area (Å²) in [6, 6.07) is 5.54. The zero-order valence-electron chi connectivity index (χ0n) is 10.1. The summed E-state index contributed by atoms with van der Waals surface area (Å²) in [6.45, 7) is 0. The number of anilines is 1. The summed E-state index contributed by atoms with van der Waals surface area (Å²) in [5.41, 5.74) is 16.8. The number of nitrogens with one attached hydrogen (secondary N) is 1. The molecule has 0 amide bonds. The number of hydrogen-bond acceptors (Lipinski definition) is 8. The summed E-state index contributed by atoms with van der Waals surface area (Å²) in [4.78, 5) is 0. The van der Waals surface area contributed by atoms with E-state index in [1.807, 2.05) is 25.2 Å². The van der Waals surface area contributed by atoms with Crippen molar-refractivity contribution in [2.45, 2.75) is 0 Å². The fraction of sp³-hybridized carbons (Fsp3) is 0.100. The van der Waals surface area contributed by atoms with Crippen LogP contribution >= 0.6 is 0 Å². The van der Waals surface area contributed by atoms with Crippen LogP contribution in [0.25, 0.3) is 11.0 Å². The summed E-state index contributed by atoms with van der Waals surface area (Å²) in [5, 5.41) is 19.3. The van der Waals surface area contributed by atoms with Crippen molar-refractivity contribution in [3.63, 3.8) is 0 Å². The second-order valence-corrected chi connectivity index (χ2v) is 3.96. The molecule has 0 saturated heterocycles. The number of benzene rings is 1. The maximum atomic E-state index is 5.59. The number of nitrogens with zero attached hydrogens (tertiary/aromatic N) is 6. The number of hydrazone groups is 1. The van der Waals surface area contributed by atoms with Crippen LogP contribution in [0.1, 0.15) is 0 Å². The van der Waals surface area contributed by atoms with E-state index in [-0.39, 0.29) is 11.7 Å². The minimum absolute atomic E-state index is 0.188. The molecule has 0 aliphatic carbocycles. The molecule has 2 aromatic rings. The van der Waals surface area contributed by atoms with Crippen molar-refractivity contribution in [3.8, 4) is 0 Å². The van der Waals surface area contributed by atoms with Gasteiger partial charge in [-0.25, -0.2) is 4.68 Å². The third kappa shape index (κ3) is 1.86.